The van der Waals surface area contributed by atoms with Crippen molar-refractivity contribution in [1.29, 1.82) is 0 Å². The van der Waals surface area contributed by atoms with Gasteiger partial charge in [0.2, 0.25) is 5.91 Å². The molecule has 252 valence electrons. The largest absolute Gasteiger partial charge is 0.471 e. The Morgan fingerprint density at radius 3 is 2.33 bits per heavy atom. The lowest BCUT2D eigenvalue weighted by molar-refractivity contribution is -0.187. The van der Waals surface area contributed by atoms with Gasteiger partial charge in [-0.1, -0.05) is 56.1 Å². The van der Waals surface area contributed by atoms with Gasteiger partial charge in [-0.25, -0.2) is 4.39 Å². The summed E-state index contributed by atoms with van der Waals surface area (Å²) >= 11 is 12.6. The third kappa shape index (κ3) is 7.61. The Balaban J connectivity index is 1.66. The zero-order valence-electron chi connectivity index (χ0n) is 26.1. The van der Waals surface area contributed by atoms with E-state index in [1.807, 2.05) is 25.7 Å². The van der Waals surface area contributed by atoms with Crippen LogP contribution in [0.1, 0.15) is 44.2 Å². The van der Waals surface area contributed by atoms with Crippen LogP contribution in [0.2, 0.25) is 10.0 Å². The molecule has 2 aromatic rings. The monoisotopic (exact) mass is 687 g/mol. The maximum Gasteiger partial charge on any atom is 0.471 e. The van der Waals surface area contributed by atoms with E-state index in [0.29, 0.717) is 34.8 Å². The van der Waals surface area contributed by atoms with Gasteiger partial charge in [-0.2, -0.15) is 13.2 Å². The summed E-state index contributed by atoms with van der Waals surface area (Å²) in [6, 6.07) is 8.00. The van der Waals surface area contributed by atoms with Crippen molar-refractivity contribution in [3.8, 4) is 0 Å². The minimum Gasteiger partial charge on any atom is -0.388 e. The predicted octanol–water partition coefficient (Wildman–Crippen LogP) is 4.99. The van der Waals surface area contributed by atoms with Crippen LogP contribution in [0.5, 0.6) is 0 Å². The normalized spacial score (nSPS) is 24.1. The second-order valence-electron chi connectivity index (χ2n) is 13.0. The zero-order valence-corrected chi connectivity index (χ0v) is 27.6. The molecule has 0 saturated carbocycles. The Morgan fingerprint density at radius 2 is 1.76 bits per heavy atom. The first-order valence-corrected chi connectivity index (χ1v) is 15.8. The molecule has 2 heterocycles. The van der Waals surface area contributed by atoms with E-state index >= 15 is 4.39 Å². The number of nitrogens with one attached hydrogen (secondary N) is 3. The highest BCUT2D eigenvalue weighted by atomic mass is 35.5. The number of alkyl halides is 3. The van der Waals surface area contributed by atoms with Crippen molar-refractivity contribution in [2.75, 3.05) is 51.6 Å². The summed E-state index contributed by atoms with van der Waals surface area (Å²) in [5.41, 5.74) is -0.357. The highest BCUT2D eigenvalue weighted by Crippen LogP contribution is 2.52. The Hall–Kier alpha value is -2.93. The standard InChI is InChI=1S/C32H39Cl2F4N5O3/c1-30(2,3)17-25-31(18-44,21-15-23(35)22(34)16-24(21)39-4)26(19-6-5-7-20(33)14-19)27(41-25)28(45)40-8-9-42-10-12-43(13-11-42)29(46)32(36,37)38/h5-7,14-16,18,25-27,39,41H,8-13,17H2,1-4H3,(H,40,45). The van der Waals surface area contributed by atoms with Crippen LogP contribution in [0.25, 0.3) is 0 Å². The molecule has 4 atom stereocenters. The second kappa shape index (κ2) is 14.0. The van der Waals surface area contributed by atoms with Gasteiger partial charge in [0.15, 0.2) is 0 Å². The minimum atomic E-state index is -4.92. The molecule has 0 aromatic heterocycles. The molecule has 2 amide bonds. The van der Waals surface area contributed by atoms with Crippen LogP contribution in [-0.2, 0) is 19.8 Å². The molecule has 46 heavy (non-hydrogen) atoms. The fourth-order valence-electron chi connectivity index (χ4n) is 6.67. The number of carbonyl (C=O) groups is 3. The molecule has 0 bridgehead atoms. The Morgan fingerprint density at radius 1 is 1.09 bits per heavy atom. The van der Waals surface area contributed by atoms with E-state index in [-0.39, 0.29) is 43.2 Å². The highest BCUT2D eigenvalue weighted by molar-refractivity contribution is 6.31. The van der Waals surface area contributed by atoms with Crippen molar-refractivity contribution in [1.82, 2.24) is 20.4 Å². The average Bonchev–Trinajstić information content (AvgIpc) is 3.31. The van der Waals surface area contributed by atoms with Gasteiger partial charge < -0.3 is 25.6 Å². The number of rotatable bonds is 9. The first kappa shape index (κ1) is 35.9. The lowest BCUT2D eigenvalue weighted by Crippen LogP contribution is -2.53. The average molecular weight is 689 g/mol. The maximum absolute atomic E-state index is 15.2. The molecule has 2 saturated heterocycles. The number of aldehydes is 1. The number of carbonyl (C=O) groups excluding carboxylic acids is 3. The van der Waals surface area contributed by atoms with Gasteiger partial charge in [0.05, 0.1) is 16.5 Å². The van der Waals surface area contributed by atoms with Gasteiger partial charge in [-0.15, -0.1) is 0 Å². The van der Waals surface area contributed by atoms with E-state index < -0.39 is 47.2 Å². The smallest absolute Gasteiger partial charge is 0.388 e. The quantitative estimate of drug-likeness (QED) is 0.254. The molecule has 2 aliphatic rings. The van der Waals surface area contributed by atoms with E-state index in [0.717, 1.165) is 11.2 Å². The Bertz CT molecular complexity index is 1450. The molecule has 0 spiro atoms. The van der Waals surface area contributed by atoms with E-state index in [1.165, 1.54) is 12.1 Å². The second-order valence-corrected chi connectivity index (χ2v) is 13.9. The van der Waals surface area contributed by atoms with Crippen LogP contribution in [0.4, 0.5) is 23.2 Å². The molecule has 8 nitrogen and oxygen atoms in total. The molecule has 3 N–H and O–H groups in total. The summed E-state index contributed by atoms with van der Waals surface area (Å²) in [5, 5.41) is 9.67. The van der Waals surface area contributed by atoms with Gasteiger partial charge in [0.25, 0.3) is 0 Å². The molecule has 2 aromatic carbocycles. The number of anilines is 1. The zero-order chi connectivity index (χ0) is 34.0. The first-order valence-electron chi connectivity index (χ1n) is 15.0. The summed E-state index contributed by atoms with van der Waals surface area (Å²) in [4.78, 5) is 41.8. The lowest BCUT2D eigenvalue weighted by atomic mass is 9.62. The maximum atomic E-state index is 15.2. The van der Waals surface area contributed by atoms with Crippen LogP contribution in [0, 0.1) is 11.2 Å². The number of benzene rings is 2. The molecule has 2 aliphatic heterocycles. The molecule has 0 aliphatic carbocycles. The predicted molar refractivity (Wildman–Crippen MR) is 170 cm³/mol. The molecular formula is C32H39Cl2F4N5O3. The van der Waals surface area contributed by atoms with Gasteiger partial charge in [-0.05, 0) is 47.2 Å². The van der Waals surface area contributed by atoms with Crippen molar-refractivity contribution >= 4 is 47.0 Å². The number of hydrogen-bond acceptors (Lipinski definition) is 6. The Labute approximate surface area is 276 Å². The van der Waals surface area contributed by atoms with Gasteiger partial charge in [0.1, 0.15) is 12.1 Å². The van der Waals surface area contributed by atoms with Crippen molar-refractivity contribution in [3.05, 3.63) is 63.4 Å². The van der Waals surface area contributed by atoms with Crippen molar-refractivity contribution < 1.29 is 31.9 Å². The third-order valence-corrected chi connectivity index (χ3v) is 9.26. The van der Waals surface area contributed by atoms with Crippen LogP contribution in [0.3, 0.4) is 0 Å². The van der Waals surface area contributed by atoms with Gasteiger partial charge >= 0.3 is 12.1 Å². The number of hydrogen-bond donors (Lipinski definition) is 3. The van der Waals surface area contributed by atoms with Crippen molar-refractivity contribution in [2.24, 2.45) is 5.41 Å². The van der Waals surface area contributed by atoms with E-state index in [9.17, 15) is 27.6 Å². The SMILES string of the molecule is CNc1cc(Cl)c(F)cc1C1(C=O)C(CC(C)(C)C)NC(C(=O)NCCN2CCN(C(=O)C(F)(F)F)CC2)C1c1cccc(Cl)c1. The number of piperazine rings is 1. The van der Waals surface area contributed by atoms with Crippen LogP contribution in [0.15, 0.2) is 36.4 Å². The lowest BCUT2D eigenvalue weighted by Gasteiger charge is -2.39. The van der Waals surface area contributed by atoms with Crippen LogP contribution >= 0.6 is 23.2 Å². The number of amides is 2. The van der Waals surface area contributed by atoms with Crippen LogP contribution in [-0.4, -0.2) is 92.5 Å². The Kier molecular flexibility index (Phi) is 11.0. The molecule has 2 fully saturated rings. The van der Waals surface area contributed by atoms with Gasteiger partial charge in [0, 0.05) is 69.0 Å². The number of halogens is 6. The summed E-state index contributed by atoms with van der Waals surface area (Å²) in [7, 11) is 1.64. The first-order chi connectivity index (χ1) is 21.5. The molecular weight excluding hydrogens is 649 g/mol. The molecule has 4 rings (SSSR count). The third-order valence-electron chi connectivity index (χ3n) is 8.73. The van der Waals surface area contributed by atoms with E-state index in [4.69, 9.17) is 23.2 Å². The summed E-state index contributed by atoms with van der Waals surface area (Å²) in [6.07, 6.45) is -3.68. The highest BCUT2D eigenvalue weighted by Gasteiger charge is 2.60. The van der Waals surface area contributed by atoms with Gasteiger partial charge in [-0.3, -0.25) is 14.5 Å². The van der Waals surface area contributed by atoms with Crippen molar-refractivity contribution in [3.63, 3.8) is 0 Å². The molecule has 4 unspecified atom stereocenters. The topological polar surface area (TPSA) is 93.8 Å². The fourth-order valence-corrected chi connectivity index (χ4v) is 7.03. The minimum absolute atomic E-state index is 0.0743. The van der Waals surface area contributed by atoms with E-state index in [1.54, 1.807) is 31.3 Å². The van der Waals surface area contributed by atoms with Crippen LogP contribution < -0.4 is 16.0 Å². The summed E-state index contributed by atoms with van der Waals surface area (Å²) in [5.74, 6) is -3.79. The van der Waals surface area contributed by atoms with Crippen molar-refractivity contribution in [2.45, 2.75) is 56.8 Å². The molecule has 14 heteroatoms. The fraction of sp³-hybridized carbons (Fsp3) is 0.531. The summed E-state index contributed by atoms with van der Waals surface area (Å²) < 4.78 is 53.6. The number of nitrogens with zero attached hydrogens (tertiary/aromatic N) is 2. The summed E-state index contributed by atoms with van der Waals surface area (Å²) in [6.45, 7) is 6.83. The molecule has 0 radical (unpaired) electrons. The van der Waals surface area contributed by atoms with E-state index in [2.05, 4.69) is 16.0 Å².